The summed E-state index contributed by atoms with van der Waals surface area (Å²) in [6, 6.07) is 0. The number of amides is 2. The van der Waals surface area contributed by atoms with E-state index in [2.05, 4.69) is 27.0 Å². The maximum Gasteiger partial charge on any atom is 0.245 e. The van der Waals surface area contributed by atoms with E-state index < -0.39 is 0 Å². The molecule has 0 radical (unpaired) electrons. The smallest absolute Gasteiger partial charge is 0.245 e. The topological polar surface area (TPSA) is 40.6 Å². The van der Waals surface area contributed by atoms with Gasteiger partial charge in [0.1, 0.15) is 0 Å². The molecule has 0 bridgehead atoms. The quantitative estimate of drug-likeness (QED) is 0.386. The molecule has 126 valence electrons. The van der Waals surface area contributed by atoms with Crippen molar-refractivity contribution in [1.82, 2.24) is 9.80 Å². The van der Waals surface area contributed by atoms with E-state index in [1.165, 1.54) is 12.2 Å². The van der Waals surface area contributed by atoms with Crippen LogP contribution in [0.2, 0.25) is 0 Å². The van der Waals surface area contributed by atoms with Gasteiger partial charge in [0.25, 0.3) is 0 Å². The number of nitrogens with zero attached hydrogens (tertiary/aromatic N) is 2. The number of hydrogen-bond acceptors (Lipinski definition) is 2. The van der Waals surface area contributed by atoms with Crippen molar-refractivity contribution >= 4 is 11.8 Å². The molecule has 22 heavy (non-hydrogen) atoms. The minimum absolute atomic E-state index is 0.0209. The van der Waals surface area contributed by atoms with Gasteiger partial charge in [-0.3, -0.25) is 9.59 Å². The first-order valence-electron chi connectivity index (χ1n) is 8.43. The fraction of sp³-hybridized carbons (Fsp3) is 0.667. The van der Waals surface area contributed by atoms with Crippen molar-refractivity contribution in [3.63, 3.8) is 0 Å². The van der Waals surface area contributed by atoms with Gasteiger partial charge < -0.3 is 9.80 Å². The lowest BCUT2D eigenvalue weighted by atomic mass is 10.1. The molecule has 0 N–H and O–H groups in total. The van der Waals surface area contributed by atoms with Crippen molar-refractivity contribution in [1.29, 1.82) is 0 Å². The number of carbonyl (C=O) groups is 2. The summed E-state index contributed by atoms with van der Waals surface area (Å²) in [6.07, 6.45) is 8.87. The van der Waals surface area contributed by atoms with Gasteiger partial charge in [0.15, 0.2) is 0 Å². The van der Waals surface area contributed by atoms with Crippen LogP contribution in [0.1, 0.15) is 52.4 Å². The van der Waals surface area contributed by atoms with Gasteiger partial charge in [-0.15, -0.1) is 0 Å². The summed E-state index contributed by atoms with van der Waals surface area (Å²) in [7, 11) is 0. The van der Waals surface area contributed by atoms with Gasteiger partial charge in [0.05, 0.1) is 0 Å². The molecule has 4 nitrogen and oxygen atoms in total. The third kappa shape index (κ3) is 8.65. The van der Waals surface area contributed by atoms with E-state index in [-0.39, 0.29) is 11.8 Å². The van der Waals surface area contributed by atoms with Gasteiger partial charge in [-0.25, -0.2) is 0 Å². The van der Waals surface area contributed by atoms with E-state index >= 15 is 0 Å². The van der Waals surface area contributed by atoms with Crippen LogP contribution in [-0.2, 0) is 9.59 Å². The monoisotopic (exact) mass is 308 g/mol. The molecule has 0 unspecified atom stereocenters. The fourth-order valence-electron chi connectivity index (χ4n) is 2.42. The molecule has 0 saturated heterocycles. The average Bonchev–Trinajstić information content (AvgIpc) is 2.54. The second-order valence-electron chi connectivity index (χ2n) is 5.47. The average molecular weight is 308 g/mol. The van der Waals surface area contributed by atoms with Crippen LogP contribution in [0.3, 0.4) is 0 Å². The highest BCUT2D eigenvalue weighted by Crippen LogP contribution is 2.06. The number of hydrogen-bond donors (Lipinski definition) is 0. The zero-order valence-corrected chi connectivity index (χ0v) is 14.4. The van der Waals surface area contributed by atoms with Crippen LogP contribution in [0.4, 0.5) is 0 Å². The van der Waals surface area contributed by atoms with Gasteiger partial charge in [-0.2, -0.15) is 0 Å². The van der Waals surface area contributed by atoms with Crippen molar-refractivity contribution < 1.29 is 9.59 Å². The van der Waals surface area contributed by atoms with Crippen LogP contribution in [0.15, 0.2) is 25.3 Å². The van der Waals surface area contributed by atoms with E-state index in [1.54, 1.807) is 0 Å². The maximum atomic E-state index is 11.6. The number of carbonyl (C=O) groups excluding carboxylic acids is 2. The van der Waals surface area contributed by atoms with Crippen LogP contribution in [0, 0.1) is 0 Å². The predicted molar refractivity (Wildman–Crippen MR) is 92.6 cm³/mol. The minimum atomic E-state index is 0.0209. The Morgan fingerprint density at radius 1 is 0.727 bits per heavy atom. The third-order valence-electron chi connectivity index (χ3n) is 3.57. The standard InChI is InChI=1S/C18H32N2O2/c1-5-13-19(17(21)7-3)15-11-9-10-12-16-20(14-6-2)18(22)8-4/h7-8H,3-6,9-16H2,1-2H3. The van der Waals surface area contributed by atoms with Crippen LogP contribution < -0.4 is 0 Å². The molecule has 0 aromatic heterocycles. The number of unbranched alkanes of at least 4 members (excludes halogenated alkanes) is 3. The summed E-state index contributed by atoms with van der Waals surface area (Å²) in [5.74, 6) is 0.0418. The first-order valence-corrected chi connectivity index (χ1v) is 8.43. The summed E-state index contributed by atoms with van der Waals surface area (Å²) in [5.41, 5.74) is 0. The van der Waals surface area contributed by atoms with Gasteiger partial charge >= 0.3 is 0 Å². The molecular formula is C18H32N2O2. The van der Waals surface area contributed by atoms with E-state index in [4.69, 9.17) is 0 Å². The summed E-state index contributed by atoms with van der Waals surface area (Å²) < 4.78 is 0. The molecular weight excluding hydrogens is 276 g/mol. The van der Waals surface area contributed by atoms with Crippen molar-refractivity contribution in [2.75, 3.05) is 26.2 Å². The van der Waals surface area contributed by atoms with E-state index in [9.17, 15) is 9.59 Å². The van der Waals surface area contributed by atoms with Crippen LogP contribution >= 0.6 is 0 Å². The largest absolute Gasteiger partial charge is 0.339 e. The Balaban J connectivity index is 3.91. The zero-order chi connectivity index (χ0) is 16.8. The highest BCUT2D eigenvalue weighted by molar-refractivity contribution is 5.87. The molecule has 0 aliphatic rings. The molecule has 0 fully saturated rings. The Hall–Kier alpha value is -1.58. The third-order valence-corrected chi connectivity index (χ3v) is 3.57. The maximum absolute atomic E-state index is 11.6. The van der Waals surface area contributed by atoms with Gasteiger partial charge in [0, 0.05) is 26.2 Å². The fourth-order valence-corrected chi connectivity index (χ4v) is 2.42. The molecule has 0 saturated carbocycles. The molecule has 2 amide bonds. The molecule has 0 aromatic carbocycles. The minimum Gasteiger partial charge on any atom is -0.339 e. The first-order chi connectivity index (χ1) is 10.6. The van der Waals surface area contributed by atoms with Gasteiger partial charge in [-0.05, 0) is 37.8 Å². The zero-order valence-electron chi connectivity index (χ0n) is 14.4. The second-order valence-corrected chi connectivity index (χ2v) is 5.47. The lowest BCUT2D eigenvalue weighted by molar-refractivity contribution is -0.127. The second kappa shape index (κ2) is 13.1. The van der Waals surface area contributed by atoms with Crippen molar-refractivity contribution in [3.8, 4) is 0 Å². The van der Waals surface area contributed by atoms with Crippen molar-refractivity contribution in [2.24, 2.45) is 0 Å². The van der Waals surface area contributed by atoms with Gasteiger partial charge in [0.2, 0.25) is 11.8 Å². The molecule has 0 aliphatic carbocycles. The van der Waals surface area contributed by atoms with E-state index in [1.807, 2.05) is 9.80 Å². The van der Waals surface area contributed by atoms with Crippen molar-refractivity contribution in [2.45, 2.75) is 52.4 Å². The number of rotatable bonds is 13. The SMILES string of the molecule is C=CC(=O)N(CCC)CCCCCCN(CCC)C(=O)C=C. The lowest BCUT2D eigenvalue weighted by Crippen LogP contribution is -2.31. The molecule has 0 atom stereocenters. The summed E-state index contributed by atoms with van der Waals surface area (Å²) in [5, 5.41) is 0. The Bertz CT molecular complexity index is 319. The van der Waals surface area contributed by atoms with Gasteiger partial charge in [-0.1, -0.05) is 39.8 Å². The Kier molecular flexibility index (Phi) is 12.2. The Morgan fingerprint density at radius 2 is 1.09 bits per heavy atom. The molecule has 0 heterocycles. The van der Waals surface area contributed by atoms with E-state index in [0.717, 1.165) is 64.7 Å². The van der Waals surface area contributed by atoms with Crippen LogP contribution in [0.5, 0.6) is 0 Å². The Labute approximate surface area is 135 Å². The van der Waals surface area contributed by atoms with Crippen LogP contribution in [0.25, 0.3) is 0 Å². The highest BCUT2D eigenvalue weighted by Gasteiger charge is 2.09. The highest BCUT2D eigenvalue weighted by atomic mass is 16.2. The van der Waals surface area contributed by atoms with E-state index in [0.29, 0.717) is 0 Å². The predicted octanol–water partition coefficient (Wildman–Crippen LogP) is 3.40. The molecule has 4 heteroatoms. The lowest BCUT2D eigenvalue weighted by Gasteiger charge is -2.21. The molecule has 0 spiro atoms. The Morgan fingerprint density at radius 3 is 1.36 bits per heavy atom. The molecule has 0 aliphatic heterocycles. The summed E-state index contributed by atoms with van der Waals surface area (Å²) >= 11 is 0. The molecule has 0 rings (SSSR count). The normalized spacial score (nSPS) is 10.1. The summed E-state index contributed by atoms with van der Waals surface area (Å²) in [4.78, 5) is 27.0. The van der Waals surface area contributed by atoms with Crippen LogP contribution in [-0.4, -0.2) is 47.8 Å². The summed E-state index contributed by atoms with van der Waals surface area (Å²) in [6.45, 7) is 14.4. The first kappa shape index (κ1) is 20.4. The van der Waals surface area contributed by atoms with Crippen molar-refractivity contribution in [3.05, 3.63) is 25.3 Å². The molecule has 0 aromatic rings.